The summed E-state index contributed by atoms with van der Waals surface area (Å²) in [5.41, 5.74) is 1.30. The summed E-state index contributed by atoms with van der Waals surface area (Å²) in [5.74, 6) is -1.02. The van der Waals surface area contributed by atoms with Crippen LogP contribution >= 0.6 is 15.9 Å². The van der Waals surface area contributed by atoms with E-state index in [-0.39, 0.29) is 24.0 Å². The monoisotopic (exact) mass is 472 g/mol. The summed E-state index contributed by atoms with van der Waals surface area (Å²) in [6.07, 6.45) is 1.71. The predicted molar refractivity (Wildman–Crippen MR) is 115 cm³/mol. The smallest absolute Gasteiger partial charge is 0.287 e. The number of hydrogen-bond acceptors (Lipinski definition) is 3. The number of benzene rings is 2. The molecular formula is C23H22BrFN2O3. The molecule has 156 valence electrons. The SMILES string of the molecule is CCN(Cc1cc(Br)ccc1F)C(=O)C(Cc1ccccc1)NC(=O)c1ccco1. The molecule has 0 radical (unpaired) electrons. The summed E-state index contributed by atoms with van der Waals surface area (Å²) >= 11 is 3.34. The van der Waals surface area contributed by atoms with E-state index in [2.05, 4.69) is 21.2 Å². The Morgan fingerprint density at radius 3 is 2.57 bits per heavy atom. The summed E-state index contributed by atoms with van der Waals surface area (Å²) in [4.78, 5) is 27.4. The number of halogens is 2. The molecule has 1 heterocycles. The number of hydrogen-bond donors (Lipinski definition) is 1. The molecule has 30 heavy (non-hydrogen) atoms. The van der Waals surface area contributed by atoms with Gasteiger partial charge in [-0.3, -0.25) is 9.59 Å². The van der Waals surface area contributed by atoms with Crippen LogP contribution in [0.4, 0.5) is 4.39 Å². The summed E-state index contributed by atoms with van der Waals surface area (Å²) < 4.78 is 20.1. The van der Waals surface area contributed by atoms with Crippen LogP contribution in [0.1, 0.15) is 28.6 Å². The van der Waals surface area contributed by atoms with Gasteiger partial charge in [0.2, 0.25) is 5.91 Å². The Bertz CT molecular complexity index is 993. The second-order valence-corrected chi connectivity index (χ2v) is 7.70. The lowest BCUT2D eigenvalue weighted by molar-refractivity contribution is -0.133. The van der Waals surface area contributed by atoms with Crippen molar-refractivity contribution in [3.05, 3.63) is 94.1 Å². The molecule has 0 fully saturated rings. The topological polar surface area (TPSA) is 62.6 Å². The number of amides is 2. The first-order chi connectivity index (χ1) is 14.5. The van der Waals surface area contributed by atoms with Crippen molar-refractivity contribution in [2.75, 3.05) is 6.54 Å². The predicted octanol–water partition coefficient (Wildman–Crippen LogP) is 4.57. The molecule has 0 bridgehead atoms. The van der Waals surface area contributed by atoms with Crippen LogP contribution in [0.25, 0.3) is 0 Å². The lowest BCUT2D eigenvalue weighted by Crippen LogP contribution is -2.49. The quantitative estimate of drug-likeness (QED) is 0.522. The fourth-order valence-corrected chi connectivity index (χ4v) is 3.53. The fraction of sp³-hybridized carbons (Fsp3) is 0.217. The summed E-state index contributed by atoms with van der Waals surface area (Å²) in [6, 6.07) is 16.4. The van der Waals surface area contributed by atoms with Gasteiger partial charge in [0.05, 0.1) is 6.26 Å². The van der Waals surface area contributed by atoms with Crippen molar-refractivity contribution in [3.63, 3.8) is 0 Å². The highest BCUT2D eigenvalue weighted by molar-refractivity contribution is 9.10. The molecule has 1 atom stereocenters. The average molecular weight is 473 g/mol. The van der Waals surface area contributed by atoms with Gasteiger partial charge >= 0.3 is 0 Å². The number of carbonyl (C=O) groups is 2. The second kappa shape index (κ2) is 10.2. The highest BCUT2D eigenvalue weighted by atomic mass is 79.9. The Hall–Kier alpha value is -2.93. The lowest BCUT2D eigenvalue weighted by Gasteiger charge is -2.27. The molecule has 7 heteroatoms. The molecule has 3 rings (SSSR count). The summed E-state index contributed by atoms with van der Waals surface area (Å²) in [5, 5.41) is 2.77. The molecule has 0 aliphatic rings. The van der Waals surface area contributed by atoms with Crippen LogP contribution in [0.2, 0.25) is 0 Å². The highest BCUT2D eigenvalue weighted by Gasteiger charge is 2.27. The van der Waals surface area contributed by atoms with Crippen LogP contribution in [0.3, 0.4) is 0 Å². The van der Waals surface area contributed by atoms with Crippen molar-refractivity contribution in [2.24, 2.45) is 0 Å². The zero-order chi connectivity index (χ0) is 21.5. The van der Waals surface area contributed by atoms with E-state index in [0.717, 1.165) is 10.0 Å². The Kier molecular flexibility index (Phi) is 7.41. The molecule has 0 spiro atoms. The molecule has 0 saturated heterocycles. The molecule has 2 amide bonds. The number of rotatable bonds is 8. The van der Waals surface area contributed by atoms with Crippen molar-refractivity contribution in [1.29, 1.82) is 0 Å². The minimum atomic E-state index is -0.819. The third-order valence-corrected chi connectivity index (χ3v) is 5.19. The standard InChI is InChI=1S/C23H22BrFN2O3/c1-2-27(15-17-14-18(24)10-11-19(17)25)23(29)20(13-16-7-4-3-5-8-16)26-22(28)21-9-6-12-30-21/h3-12,14,20H,2,13,15H2,1H3,(H,26,28). The minimum Gasteiger partial charge on any atom is -0.459 e. The van der Waals surface area contributed by atoms with E-state index in [4.69, 9.17) is 4.42 Å². The van der Waals surface area contributed by atoms with Gasteiger partial charge in [0.15, 0.2) is 5.76 Å². The first kappa shape index (κ1) is 21.8. The lowest BCUT2D eigenvalue weighted by atomic mass is 10.0. The number of likely N-dealkylation sites (N-methyl/N-ethyl adjacent to an activating group) is 1. The van der Waals surface area contributed by atoms with E-state index >= 15 is 0 Å². The van der Waals surface area contributed by atoms with Gasteiger partial charge in [-0.25, -0.2) is 4.39 Å². The molecule has 1 unspecified atom stereocenters. The second-order valence-electron chi connectivity index (χ2n) is 6.78. The summed E-state index contributed by atoms with van der Waals surface area (Å²) in [6.45, 7) is 2.29. The van der Waals surface area contributed by atoms with Crippen molar-refractivity contribution >= 4 is 27.7 Å². The maximum absolute atomic E-state index is 14.2. The van der Waals surface area contributed by atoms with Gasteiger partial charge in [0.25, 0.3) is 5.91 Å². The van der Waals surface area contributed by atoms with Gasteiger partial charge < -0.3 is 14.6 Å². The summed E-state index contributed by atoms with van der Waals surface area (Å²) in [7, 11) is 0. The Morgan fingerprint density at radius 1 is 1.13 bits per heavy atom. The number of nitrogens with zero attached hydrogens (tertiary/aromatic N) is 1. The maximum atomic E-state index is 14.2. The van der Waals surface area contributed by atoms with Crippen molar-refractivity contribution in [2.45, 2.75) is 25.9 Å². The largest absolute Gasteiger partial charge is 0.459 e. The van der Waals surface area contributed by atoms with E-state index in [0.29, 0.717) is 18.5 Å². The molecule has 3 aromatic rings. The zero-order valence-corrected chi connectivity index (χ0v) is 18.1. The van der Waals surface area contributed by atoms with E-state index in [1.54, 1.807) is 18.2 Å². The average Bonchev–Trinajstić information content (AvgIpc) is 3.29. The van der Waals surface area contributed by atoms with Gasteiger partial charge in [0.1, 0.15) is 11.9 Å². The van der Waals surface area contributed by atoms with Crippen LogP contribution in [-0.2, 0) is 17.8 Å². The molecule has 0 aliphatic carbocycles. The number of furan rings is 1. The third-order valence-electron chi connectivity index (χ3n) is 4.69. The van der Waals surface area contributed by atoms with Gasteiger partial charge in [-0.15, -0.1) is 0 Å². The van der Waals surface area contributed by atoms with E-state index in [1.807, 2.05) is 37.3 Å². The van der Waals surface area contributed by atoms with Gasteiger partial charge in [0, 0.05) is 29.5 Å². The van der Waals surface area contributed by atoms with Crippen molar-refractivity contribution in [1.82, 2.24) is 10.2 Å². The normalized spacial score (nSPS) is 11.7. The van der Waals surface area contributed by atoms with Gasteiger partial charge in [-0.2, -0.15) is 0 Å². The maximum Gasteiger partial charge on any atom is 0.287 e. The van der Waals surface area contributed by atoms with Crippen molar-refractivity contribution < 1.29 is 18.4 Å². The number of carbonyl (C=O) groups excluding carboxylic acids is 2. The molecule has 0 aliphatic heterocycles. The van der Waals surface area contributed by atoms with Gasteiger partial charge in [-0.1, -0.05) is 46.3 Å². The van der Waals surface area contributed by atoms with Crippen LogP contribution in [0, 0.1) is 5.82 Å². The van der Waals surface area contributed by atoms with Crippen LogP contribution in [0.15, 0.2) is 75.8 Å². The molecular weight excluding hydrogens is 451 g/mol. The van der Waals surface area contributed by atoms with E-state index in [9.17, 15) is 14.0 Å². The Labute approximate surface area is 183 Å². The van der Waals surface area contributed by atoms with E-state index < -0.39 is 11.9 Å². The molecule has 2 aromatic carbocycles. The zero-order valence-electron chi connectivity index (χ0n) is 16.5. The third kappa shape index (κ3) is 5.57. The molecule has 5 nitrogen and oxygen atoms in total. The van der Waals surface area contributed by atoms with Gasteiger partial charge in [-0.05, 0) is 42.8 Å². The van der Waals surface area contributed by atoms with Crippen LogP contribution in [-0.4, -0.2) is 29.3 Å². The van der Waals surface area contributed by atoms with Crippen molar-refractivity contribution in [3.8, 4) is 0 Å². The number of nitrogens with one attached hydrogen (secondary N) is 1. The Balaban J connectivity index is 1.83. The first-order valence-electron chi connectivity index (χ1n) is 9.59. The van der Waals surface area contributed by atoms with Crippen LogP contribution < -0.4 is 5.32 Å². The minimum absolute atomic E-state index is 0.0997. The van der Waals surface area contributed by atoms with Crippen LogP contribution in [0.5, 0.6) is 0 Å². The fourth-order valence-electron chi connectivity index (χ4n) is 3.12. The van der Waals surface area contributed by atoms with E-state index in [1.165, 1.54) is 23.3 Å². The molecule has 1 aromatic heterocycles. The molecule has 0 saturated carbocycles. The highest BCUT2D eigenvalue weighted by Crippen LogP contribution is 2.18. The first-order valence-corrected chi connectivity index (χ1v) is 10.4. The molecule has 1 N–H and O–H groups in total. The Morgan fingerprint density at radius 2 is 1.90 bits per heavy atom.